The molecule has 2 N–H and O–H groups in total. The Morgan fingerprint density at radius 1 is 1.21 bits per heavy atom. The van der Waals surface area contributed by atoms with E-state index in [-0.39, 0.29) is 16.7 Å². The van der Waals surface area contributed by atoms with E-state index in [1.165, 1.54) is 7.11 Å². The molecular formula is C18H22N2O3S. The second kappa shape index (κ2) is 7.59. The summed E-state index contributed by atoms with van der Waals surface area (Å²) in [4.78, 5) is 4.67. The largest absolute Gasteiger partial charge is 0.495 e. The number of nitrogens with zero attached hydrogens (tertiary/aromatic N) is 1. The Morgan fingerprint density at radius 2 is 1.88 bits per heavy atom. The van der Waals surface area contributed by atoms with E-state index in [2.05, 4.69) is 4.99 Å². The molecule has 0 aliphatic rings. The summed E-state index contributed by atoms with van der Waals surface area (Å²) in [5.74, 6) is 0.244. The van der Waals surface area contributed by atoms with Gasteiger partial charge in [-0.3, -0.25) is 4.99 Å². The Hall–Kier alpha value is -2.18. The smallest absolute Gasteiger partial charge is 0.241 e. The predicted molar refractivity (Wildman–Crippen MR) is 96.0 cm³/mol. The van der Waals surface area contributed by atoms with Gasteiger partial charge >= 0.3 is 0 Å². The molecule has 2 aromatic rings. The SMILES string of the molecule is COc1ccc(C/C(C)=N/[C@H](C)c2ccccc2)cc1S(N)(=O)=O. The molecule has 0 aromatic heterocycles. The Labute approximate surface area is 143 Å². The number of sulfonamides is 1. The van der Waals surface area contributed by atoms with Crippen LogP contribution >= 0.6 is 0 Å². The molecular weight excluding hydrogens is 324 g/mol. The monoisotopic (exact) mass is 346 g/mol. The first-order valence-electron chi connectivity index (χ1n) is 7.59. The lowest BCUT2D eigenvalue weighted by Crippen LogP contribution is -2.14. The molecule has 0 radical (unpaired) electrons. The maximum atomic E-state index is 11.7. The molecule has 0 heterocycles. The van der Waals surface area contributed by atoms with Gasteiger partial charge in [-0.15, -0.1) is 0 Å². The summed E-state index contributed by atoms with van der Waals surface area (Å²) in [6.45, 7) is 3.96. The van der Waals surface area contributed by atoms with E-state index in [9.17, 15) is 8.42 Å². The number of primary sulfonamides is 1. The lowest BCUT2D eigenvalue weighted by Gasteiger charge is -2.11. The van der Waals surface area contributed by atoms with Crippen molar-refractivity contribution in [3.05, 3.63) is 59.7 Å². The van der Waals surface area contributed by atoms with Crippen LogP contribution in [0.25, 0.3) is 0 Å². The average Bonchev–Trinajstić information content (AvgIpc) is 2.54. The zero-order valence-corrected chi connectivity index (χ0v) is 14.9. The van der Waals surface area contributed by atoms with Gasteiger partial charge in [-0.1, -0.05) is 36.4 Å². The standard InChI is InChI=1S/C18H22N2O3S/c1-13(20-14(2)16-7-5-4-6-8-16)11-15-9-10-17(23-3)18(12-15)24(19,21)22/h4-10,12,14H,11H2,1-3H3,(H2,19,21,22)/b20-13+/t14-/m1/s1. The minimum absolute atomic E-state index is 0.00796. The fourth-order valence-electron chi connectivity index (χ4n) is 2.53. The molecule has 128 valence electrons. The average molecular weight is 346 g/mol. The van der Waals surface area contributed by atoms with Crippen molar-refractivity contribution >= 4 is 15.7 Å². The van der Waals surface area contributed by atoms with Crippen LogP contribution in [0.5, 0.6) is 5.75 Å². The van der Waals surface area contributed by atoms with E-state index in [1.54, 1.807) is 12.1 Å². The normalized spacial score (nSPS) is 13.6. The molecule has 2 rings (SSSR count). The Bertz CT molecular complexity index is 831. The number of ether oxygens (including phenoxy) is 1. The van der Waals surface area contributed by atoms with Gasteiger partial charge in [-0.2, -0.15) is 0 Å². The van der Waals surface area contributed by atoms with Crippen LogP contribution in [0.1, 0.15) is 31.0 Å². The Morgan fingerprint density at radius 3 is 2.46 bits per heavy atom. The van der Waals surface area contributed by atoms with Crippen molar-refractivity contribution in [1.29, 1.82) is 0 Å². The van der Waals surface area contributed by atoms with Crippen LogP contribution in [0.4, 0.5) is 0 Å². The van der Waals surface area contributed by atoms with Gasteiger partial charge in [0.05, 0.1) is 13.2 Å². The predicted octanol–water partition coefficient (Wildman–Crippen LogP) is 3.11. The van der Waals surface area contributed by atoms with E-state index < -0.39 is 10.0 Å². The van der Waals surface area contributed by atoms with Gasteiger partial charge in [0.1, 0.15) is 10.6 Å². The second-order valence-electron chi connectivity index (χ2n) is 5.66. The molecule has 0 aliphatic heterocycles. The summed E-state index contributed by atoms with van der Waals surface area (Å²) in [6, 6.07) is 15.0. The number of benzene rings is 2. The van der Waals surface area contributed by atoms with Gasteiger partial charge < -0.3 is 4.74 Å². The first kappa shape index (κ1) is 18.2. The van der Waals surface area contributed by atoms with Gasteiger partial charge in [-0.25, -0.2) is 13.6 Å². The number of methoxy groups -OCH3 is 1. The molecule has 0 amide bonds. The Kier molecular flexibility index (Phi) is 5.75. The fraction of sp³-hybridized carbons (Fsp3) is 0.278. The third kappa shape index (κ3) is 4.66. The highest BCUT2D eigenvalue weighted by Gasteiger charge is 2.16. The highest BCUT2D eigenvalue weighted by atomic mass is 32.2. The number of hydrogen-bond donors (Lipinski definition) is 1. The molecule has 0 spiro atoms. The van der Waals surface area contributed by atoms with Crippen molar-refractivity contribution in [3.63, 3.8) is 0 Å². The maximum absolute atomic E-state index is 11.7. The van der Waals surface area contributed by atoms with Crippen molar-refractivity contribution in [2.45, 2.75) is 31.2 Å². The van der Waals surface area contributed by atoms with Gasteiger partial charge in [0.2, 0.25) is 10.0 Å². The number of rotatable bonds is 6. The lowest BCUT2D eigenvalue weighted by atomic mass is 10.1. The molecule has 24 heavy (non-hydrogen) atoms. The molecule has 1 atom stereocenters. The molecule has 0 unspecified atom stereocenters. The van der Waals surface area contributed by atoms with Crippen molar-refractivity contribution in [2.24, 2.45) is 10.1 Å². The van der Waals surface area contributed by atoms with Gasteiger partial charge in [0.15, 0.2) is 0 Å². The maximum Gasteiger partial charge on any atom is 0.241 e. The summed E-state index contributed by atoms with van der Waals surface area (Å²) in [6.07, 6.45) is 0.545. The Balaban J connectivity index is 2.23. The molecule has 6 heteroatoms. The zero-order valence-electron chi connectivity index (χ0n) is 14.1. The van der Waals surface area contributed by atoms with Crippen LogP contribution in [0.3, 0.4) is 0 Å². The molecule has 5 nitrogen and oxygen atoms in total. The summed E-state index contributed by atoms with van der Waals surface area (Å²) in [5.41, 5.74) is 2.87. The molecule has 2 aromatic carbocycles. The summed E-state index contributed by atoms with van der Waals surface area (Å²) >= 11 is 0. The minimum atomic E-state index is -3.83. The van der Waals surface area contributed by atoms with Crippen molar-refractivity contribution in [2.75, 3.05) is 7.11 Å². The van der Waals surface area contributed by atoms with Crippen LogP contribution in [0.15, 0.2) is 58.4 Å². The fourth-order valence-corrected chi connectivity index (χ4v) is 3.28. The summed E-state index contributed by atoms with van der Waals surface area (Å²) < 4.78 is 28.4. The van der Waals surface area contributed by atoms with Crippen molar-refractivity contribution in [1.82, 2.24) is 0 Å². The number of nitrogens with two attached hydrogens (primary N) is 1. The summed E-state index contributed by atoms with van der Waals surface area (Å²) in [5, 5.41) is 5.25. The van der Waals surface area contributed by atoms with E-state index in [1.807, 2.05) is 50.2 Å². The van der Waals surface area contributed by atoms with Crippen molar-refractivity contribution in [3.8, 4) is 5.75 Å². The topological polar surface area (TPSA) is 81.8 Å². The van der Waals surface area contributed by atoms with E-state index in [0.29, 0.717) is 6.42 Å². The molecule has 0 aliphatic carbocycles. The molecule has 0 fully saturated rings. The van der Waals surface area contributed by atoms with Crippen LogP contribution in [-0.4, -0.2) is 21.2 Å². The van der Waals surface area contributed by atoms with Gasteiger partial charge in [-0.05, 0) is 37.1 Å². The highest BCUT2D eigenvalue weighted by Crippen LogP contribution is 2.24. The number of hydrogen-bond acceptors (Lipinski definition) is 4. The van der Waals surface area contributed by atoms with E-state index in [4.69, 9.17) is 9.88 Å². The first-order valence-corrected chi connectivity index (χ1v) is 9.14. The molecule has 0 bridgehead atoms. The van der Waals surface area contributed by atoms with E-state index in [0.717, 1.165) is 16.8 Å². The highest BCUT2D eigenvalue weighted by molar-refractivity contribution is 7.89. The van der Waals surface area contributed by atoms with Gasteiger partial charge in [0.25, 0.3) is 0 Å². The summed E-state index contributed by atoms with van der Waals surface area (Å²) in [7, 11) is -2.42. The van der Waals surface area contributed by atoms with E-state index >= 15 is 0 Å². The second-order valence-corrected chi connectivity index (χ2v) is 7.19. The van der Waals surface area contributed by atoms with Gasteiger partial charge in [0, 0.05) is 12.1 Å². The van der Waals surface area contributed by atoms with Crippen LogP contribution in [0, 0.1) is 0 Å². The molecule has 0 saturated carbocycles. The quantitative estimate of drug-likeness (QED) is 0.816. The van der Waals surface area contributed by atoms with Crippen LogP contribution < -0.4 is 9.88 Å². The third-order valence-corrected chi connectivity index (χ3v) is 4.62. The van der Waals surface area contributed by atoms with Crippen molar-refractivity contribution < 1.29 is 13.2 Å². The third-order valence-electron chi connectivity index (χ3n) is 3.69. The first-order chi connectivity index (χ1) is 11.3. The van der Waals surface area contributed by atoms with Crippen LogP contribution in [-0.2, 0) is 16.4 Å². The molecule has 0 saturated heterocycles. The van der Waals surface area contributed by atoms with Crippen LogP contribution in [0.2, 0.25) is 0 Å². The minimum Gasteiger partial charge on any atom is -0.495 e. The number of aliphatic imine (C=N–C) groups is 1. The zero-order chi connectivity index (χ0) is 17.7. The lowest BCUT2D eigenvalue weighted by molar-refractivity contribution is 0.402.